The van der Waals surface area contributed by atoms with Gasteiger partial charge in [0, 0.05) is 12.1 Å². The van der Waals surface area contributed by atoms with Gasteiger partial charge in [0.25, 0.3) is 0 Å². The number of esters is 1. The molecule has 0 aromatic heterocycles. The van der Waals surface area contributed by atoms with E-state index in [4.69, 9.17) is 4.74 Å². The van der Waals surface area contributed by atoms with Gasteiger partial charge in [0.2, 0.25) is 0 Å². The zero-order chi connectivity index (χ0) is 14.4. The average Bonchev–Trinajstić information content (AvgIpc) is 2.83. The van der Waals surface area contributed by atoms with Crippen LogP contribution in [0.5, 0.6) is 0 Å². The lowest BCUT2D eigenvalue weighted by Crippen LogP contribution is -2.55. The molecule has 0 aromatic rings. The second-order valence-electron chi connectivity index (χ2n) is 7.62. The van der Waals surface area contributed by atoms with Gasteiger partial charge < -0.3 is 10.1 Å². The van der Waals surface area contributed by atoms with E-state index in [1.165, 1.54) is 26.4 Å². The van der Waals surface area contributed by atoms with Crippen LogP contribution in [-0.2, 0) is 9.53 Å². The van der Waals surface area contributed by atoms with Crippen LogP contribution in [0.4, 0.5) is 0 Å². The van der Waals surface area contributed by atoms with Crippen LogP contribution in [0.15, 0.2) is 0 Å². The molecule has 0 aromatic carbocycles. The lowest BCUT2D eigenvalue weighted by Gasteiger charge is -2.45. The van der Waals surface area contributed by atoms with Crippen LogP contribution in [-0.4, -0.2) is 25.2 Å². The Bertz CT molecular complexity index is 361. The van der Waals surface area contributed by atoms with Crippen molar-refractivity contribution >= 4 is 5.97 Å². The number of rotatable bonds is 4. The highest BCUT2D eigenvalue weighted by Crippen LogP contribution is 2.62. The number of nitrogens with one attached hydrogen (secondary N) is 1. The molecule has 110 valence electrons. The minimum Gasteiger partial charge on any atom is -0.469 e. The van der Waals surface area contributed by atoms with E-state index >= 15 is 0 Å². The van der Waals surface area contributed by atoms with E-state index in [1.807, 2.05) is 6.92 Å². The monoisotopic (exact) mass is 267 g/mol. The molecule has 3 nitrogen and oxygen atoms in total. The van der Waals surface area contributed by atoms with E-state index in [0.717, 1.165) is 5.92 Å². The normalized spacial score (nSPS) is 39.1. The van der Waals surface area contributed by atoms with Gasteiger partial charge >= 0.3 is 5.97 Å². The maximum Gasteiger partial charge on any atom is 0.309 e. The van der Waals surface area contributed by atoms with Crippen molar-refractivity contribution in [1.82, 2.24) is 5.32 Å². The van der Waals surface area contributed by atoms with E-state index in [1.54, 1.807) is 0 Å². The molecule has 2 bridgehead atoms. The first kappa shape index (κ1) is 14.8. The minimum absolute atomic E-state index is 0.0940. The molecule has 1 N–H and O–H groups in total. The molecule has 2 rings (SSSR count). The van der Waals surface area contributed by atoms with Crippen LogP contribution in [0.3, 0.4) is 0 Å². The Kier molecular flexibility index (Phi) is 3.72. The van der Waals surface area contributed by atoms with Crippen LogP contribution in [0.2, 0.25) is 0 Å². The highest BCUT2D eigenvalue weighted by atomic mass is 16.5. The molecule has 3 heteroatoms. The lowest BCUT2D eigenvalue weighted by molar-refractivity contribution is -0.145. The summed E-state index contributed by atoms with van der Waals surface area (Å²) in [4.78, 5) is 11.7. The van der Waals surface area contributed by atoms with Crippen molar-refractivity contribution in [1.29, 1.82) is 0 Å². The molecule has 0 radical (unpaired) electrons. The third-order valence-electron chi connectivity index (χ3n) is 6.02. The molecule has 0 aliphatic heterocycles. The van der Waals surface area contributed by atoms with Crippen molar-refractivity contribution in [3.63, 3.8) is 0 Å². The summed E-state index contributed by atoms with van der Waals surface area (Å²) < 4.78 is 4.86. The maximum atomic E-state index is 11.7. The number of hydrogen-bond donors (Lipinski definition) is 1. The van der Waals surface area contributed by atoms with Gasteiger partial charge in [-0.3, -0.25) is 4.79 Å². The van der Waals surface area contributed by atoms with Gasteiger partial charge in [-0.2, -0.15) is 0 Å². The zero-order valence-electron chi connectivity index (χ0n) is 13.2. The summed E-state index contributed by atoms with van der Waals surface area (Å²) in [6, 6.07) is 0.661. The molecule has 2 aliphatic carbocycles. The SMILES string of the molecule is COC(=O)C(C)C(C)NC1C2(C)CCC(C2)C1(C)C. The van der Waals surface area contributed by atoms with Gasteiger partial charge in [-0.1, -0.05) is 27.7 Å². The van der Waals surface area contributed by atoms with Gasteiger partial charge in [-0.25, -0.2) is 0 Å². The molecule has 0 heterocycles. The molecule has 0 spiro atoms. The largest absolute Gasteiger partial charge is 0.469 e. The first-order valence-electron chi connectivity index (χ1n) is 7.56. The summed E-state index contributed by atoms with van der Waals surface area (Å²) in [6.07, 6.45) is 4.01. The van der Waals surface area contributed by atoms with E-state index in [0.29, 0.717) is 16.9 Å². The van der Waals surface area contributed by atoms with E-state index in [9.17, 15) is 4.79 Å². The molecule has 2 aliphatic rings. The second kappa shape index (κ2) is 4.76. The fraction of sp³-hybridized carbons (Fsp3) is 0.938. The first-order valence-corrected chi connectivity index (χ1v) is 7.56. The quantitative estimate of drug-likeness (QED) is 0.796. The van der Waals surface area contributed by atoms with Crippen LogP contribution in [0, 0.1) is 22.7 Å². The standard InChI is InChI=1S/C16H29NO2/c1-10(13(18)19-6)11(2)17-14-15(3,4)12-7-8-16(14,5)9-12/h10-12,14,17H,7-9H2,1-6H3. The Balaban J connectivity index is 2.08. The Morgan fingerprint density at radius 3 is 2.42 bits per heavy atom. The summed E-state index contributed by atoms with van der Waals surface area (Å²) >= 11 is 0. The zero-order valence-corrected chi connectivity index (χ0v) is 13.2. The second-order valence-corrected chi connectivity index (χ2v) is 7.62. The molecule has 2 saturated carbocycles. The van der Waals surface area contributed by atoms with Crippen molar-refractivity contribution in [2.45, 2.75) is 66.0 Å². The van der Waals surface area contributed by atoms with Crippen LogP contribution in [0.1, 0.15) is 53.9 Å². The first-order chi connectivity index (χ1) is 8.72. The molecule has 19 heavy (non-hydrogen) atoms. The Morgan fingerprint density at radius 2 is 1.95 bits per heavy atom. The number of ether oxygens (including phenoxy) is 1. The van der Waals surface area contributed by atoms with Crippen molar-refractivity contribution < 1.29 is 9.53 Å². The number of carbonyl (C=O) groups is 1. The number of fused-ring (bicyclic) bond motifs is 2. The third-order valence-corrected chi connectivity index (χ3v) is 6.02. The third kappa shape index (κ3) is 2.31. The highest BCUT2D eigenvalue weighted by Gasteiger charge is 2.59. The summed E-state index contributed by atoms with van der Waals surface area (Å²) in [5.41, 5.74) is 0.732. The van der Waals surface area contributed by atoms with E-state index in [2.05, 4.69) is 33.0 Å². The van der Waals surface area contributed by atoms with Crippen LogP contribution in [0.25, 0.3) is 0 Å². The van der Waals surface area contributed by atoms with Gasteiger partial charge in [0.15, 0.2) is 0 Å². The number of hydrogen-bond acceptors (Lipinski definition) is 3. The van der Waals surface area contributed by atoms with Gasteiger partial charge in [0.1, 0.15) is 0 Å². The molecule has 5 unspecified atom stereocenters. The van der Waals surface area contributed by atoms with Crippen molar-refractivity contribution in [3.05, 3.63) is 0 Å². The Hall–Kier alpha value is -0.570. The number of carbonyl (C=O) groups excluding carboxylic acids is 1. The average molecular weight is 267 g/mol. The summed E-state index contributed by atoms with van der Waals surface area (Å²) in [5, 5.41) is 3.76. The molecule has 5 atom stereocenters. The topological polar surface area (TPSA) is 38.3 Å². The fourth-order valence-corrected chi connectivity index (χ4v) is 4.52. The van der Waals surface area contributed by atoms with Gasteiger partial charge in [0.05, 0.1) is 13.0 Å². The van der Waals surface area contributed by atoms with Gasteiger partial charge in [-0.15, -0.1) is 0 Å². The summed E-state index contributed by atoms with van der Waals surface area (Å²) in [6.45, 7) is 11.2. The molecule has 2 fully saturated rings. The Labute approximate surface area is 117 Å². The molecular weight excluding hydrogens is 238 g/mol. The Morgan fingerprint density at radius 1 is 1.32 bits per heavy atom. The molecular formula is C16H29NO2. The maximum absolute atomic E-state index is 11.7. The van der Waals surface area contributed by atoms with Crippen molar-refractivity contribution in [2.75, 3.05) is 7.11 Å². The highest BCUT2D eigenvalue weighted by molar-refractivity contribution is 5.72. The lowest BCUT2D eigenvalue weighted by atomic mass is 9.68. The summed E-state index contributed by atoms with van der Waals surface area (Å²) in [5.74, 6) is 0.616. The smallest absolute Gasteiger partial charge is 0.309 e. The van der Waals surface area contributed by atoms with Crippen molar-refractivity contribution in [2.24, 2.45) is 22.7 Å². The molecule has 0 amide bonds. The van der Waals surface area contributed by atoms with Gasteiger partial charge in [-0.05, 0) is 42.9 Å². The van der Waals surface area contributed by atoms with Crippen molar-refractivity contribution in [3.8, 4) is 0 Å². The minimum atomic E-state index is -0.119. The van der Waals surface area contributed by atoms with E-state index < -0.39 is 0 Å². The fourth-order valence-electron chi connectivity index (χ4n) is 4.52. The van der Waals surface area contributed by atoms with Crippen LogP contribution >= 0.6 is 0 Å². The summed E-state index contributed by atoms with van der Waals surface area (Å²) in [7, 11) is 1.47. The van der Waals surface area contributed by atoms with E-state index in [-0.39, 0.29) is 17.9 Å². The number of methoxy groups -OCH3 is 1. The molecule has 0 saturated heterocycles. The van der Waals surface area contributed by atoms with Crippen LogP contribution < -0.4 is 5.32 Å². The predicted octanol–water partition coefficient (Wildman–Crippen LogP) is 2.99. The predicted molar refractivity (Wildman–Crippen MR) is 76.8 cm³/mol.